The summed E-state index contributed by atoms with van der Waals surface area (Å²) in [6, 6.07) is 7.02. The van der Waals surface area contributed by atoms with Gasteiger partial charge in [0.15, 0.2) is 12.1 Å². The van der Waals surface area contributed by atoms with Crippen LogP contribution in [-0.4, -0.2) is 59.9 Å². The first-order valence-electron chi connectivity index (χ1n) is 7.73. The van der Waals surface area contributed by atoms with Crippen LogP contribution in [0.1, 0.15) is 26.6 Å². The van der Waals surface area contributed by atoms with E-state index < -0.39 is 0 Å². The summed E-state index contributed by atoms with van der Waals surface area (Å²) >= 11 is 0. The lowest BCUT2D eigenvalue weighted by Gasteiger charge is -2.34. The zero-order valence-electron chi connectivity index (χ0n) is 13.7. The van der Waals surface area contributed by atoms with Crippen LogP contribution in [-0.2, 0) is 0 Å². The molecule has 1 aromatic carbocycles. The molecular formula is C17H19N3O4. The second-order valence-corrected chi connectivity index (χ2v) is 5.57. The first-order chi connectivity index (χ1) is 11.6. The van der Waals surface area contributed by atoms with Crippen molar-refractivity contribution in [3.63, 3.8) is 0 Å². The van der Waals surface area contributed by atoms with Crippen LogP contribution in [0.5, 0.6) is 5.75 Å². The summed E-state index contributed by atoms with van der Waals surface area (Å²) in [7, 11) is 1.59. The molecule has 1 saturated heterocycles. The number of aromatic nitrogens is 1. The molecule has 0 atom stereocenters. The Hall–Kier alpha value is -2.83. The van der Waals surface area contributed by atoms with Crippen molar-refractivity contribution < 1.29 is 18.7 Å². The maximum Gasteiger partial charge on any atom is 0.276 e. The first-order valence-corrected chi connectivity index (χ1v) is 7.73. The van der Waals surface area contributed by atoms with E-state index >= 15 is 0 Å². The molecule has 3 rings (SSSR count). The maximum absolute atomic E-state index is 12.5. The van der Waals surface area contributed by atoms with Crippen molar-refractivity contribution in [1.29, 1.82) is 0 Å². The van der Waals surface area contributed by atoms with Gasteiger partial charge in [0.05, 0.1) is 7.11 Å². The number of nitrogens with zero attached hydrogens (tertiary/aromatic N) is 3. The molecule has 0 spiro atoms. The number of hydrogen-bond donors (Lipinski definition) is 0. The fraction of sp³-hybridized carbons (Fsp3) is 0.353. The second-order valence-electron chi connectivity index (χ2n) is 5.57. The highest BCUT2D eigenvalue weighted by molar-refractivity contribution is 5.95. The van der Waals surface area contributed by atoms with Gasteiger partial charge in [0.2, 0.25) is 0 Å². The van der Waals surface area contributed by atoms with E-state index in [1.807, 2.05) is 0 Å². The normalized spacial score (nSPS) is 14.6. The summed E-state index contributed by atoms with van der Waals surface area (Å²) in [5.41, 5.74) is 0.952. The number of benzene rings is 1. The Morgan fingerprint density at radius 2 is 1.62 bits per heavy atom. The summed E-state index contributed by atoms with van der Waals surface area (Å²) in [6.45, 7) is 3.66. The summed E-state index contributed by atoms with van der Waals surface area (Å²) in [4.78, 5) is 32.3. The van der Waals surface area contributed by atoms with E-state index in [1.165, 1.54) is 6.39 Å². The lowest BCUT2D eigenvalue weighted by atomic mass is 10.1. The van der Waals surface area contributed by atoms with Gasteiger partial charge < -0.3 is 19.0 Å². The number of methoxy groups -OCH3 is 1. The highest BCUT2D eigenvalue weighted by atomic mass is 16.5. The number of rotatable bonds is 3. The molecule has 0 radical (unpaired) electrons. The number of carbonyl (C=O) groups excluding carboxylic acids is 2. The molecule has 0 bridgehead atoms. The van der Waals surface area contributed by atoms with Gasteiger partial charge >= 0.3 is 0 Å². The van der Waals surface area contributed by atoms with Crippen LogP contribution in [0, 0.1) is 6.92 Å². The Bertz CT molecular complexity index is 731. The predicted molar refractivity (Wildman–Crippen MR) is 86.0 cm³/mol. The topological polar surface area (TPSA) is 75.9 Å². The summed E-state index contributed by atoms with van der Waals surface area (Å²) in [5.74, 6) is 1.03. The van der Waals surface area contributed by atoms with E-state index in [1.54, 1.807) is 48.1 Å². The molecule has 1 aromatic heterocycles. The van der Waals surface area contributed by atoms with Gasteiger partial charge in [0.25, 0.3) is 11.8 Å². The monoisotopic (exact) mass is 329 g/mol. The van der Waals surface area contributed by atoms with Crippen molar-refractivity contribution in [2.75, 3.05) is 33.3 Å². The van der Waals surface area contributed by atoms with Crippen molar-refractivity contribution in [1.82, 2.24) is 14.8 Å². The van der Waals surface area contributed by atoms with Crippen molar-refractivity contribution >= 4 is 11.8 Å². The molecule has 0 saturated carbocycles. The number of ether oxygens (including phenoxy) is 1. The minimum Gasteiger partial charge on any atom is -0.497 e. The number of oxazole rings is 1. The standard InChI is InChI=1S/C17H19N3O4/c1-12-15(18-11-24-12)17(22)20-9-7-19(8-10-20)16(21)13-3-5-14(23-2)6-4-13/h3-6,11H,7-10H2,1-2H3. The molecule has 0 N–H and O–H groups in total. The van der Waals surface area contributed by atoms with Gasteiger partial charge in [-0.25, -0.2) is 4.98 Å². The molecule has 1 fully saturated rings. The van der Waals surface area contributed by atoms with E-state index in [2.05, 4.69) is 4.98 Å². The molecule has 1 aliphatic rings. The molecule has 7 nitrogen and oxygen atoms in total. The molecular weight excluding hydrogens is 310 g/mol. The second kappa shape index (κ2) is 6.74. The van der Waals surface area contributed by atoms with Crippen LogP contribution >= 0.6 is 0 Å². The Morgan fingerprint density at radius 3 is 2.12 bits per heavy atom. The minimum atomic E-state index is -0.155. The van der Waals surface area contributed by atoms with Crippen LogP contribution in [0.4, 0.5) is 0 Å². The average molecular weight is 329 g/mol. The van der Waals surface area contributed by atoms with Gasteiger partial charge in [0.1, 0.15) is 11.5 Å². The van der Waals surface area contributed by atoms with Crippen molar-refractivity contribution in [2.24, 2.45) is 0 Å². The van der Waals surface area contributed by atoms with Crippen LogP contribution < -0.4 is 4.74 Å². The third kappa shape index (κ3) is 3.10. The molecule has 0 unspecified atom stereocenters. The number of piperazine rings is 1. The van der Waals surface area contributed by atoms with Crippen LogP contribution in [0.15, 0.2) is 35.1 Å². The van der Waals surface area contributed by atoms with Crippen molar-refractivity contribution in [3.8, 4) is 5.75 Å². The zero-order chi connectivity index (χ0) is 17.1. The quantitative estimate of drug-likeness (QED) is 0.855. The van der Waals surface area contributed by atoms with Crippen LogP contribution in [0.25, 0.3) is 0 Å². The van der Waals surface area contributed by atoms with Crippen molar-refractivity contribution in [2.45, 2.75) is 6.92 Å². The lowest BCUT2D eigenvalue weighted by molar-refractivity contribution is 0.0531. The summed E-state index contributed by atoms with van der Waals surface area (Å²) < 4.78 is 10.2. The van der Waals surface area contributed by atoms with Crippen LogP contribution in [0.3, 0.4) is 0 Å². The Morgan fingerprint density at radius 1 is 1.04 bits per heavy atom. The number of carbonyl (C=O) groups is 2. The first kappa shape index (κ1) is 16.0. The summed E-state index contributed by atoms with van der Waals surface area (Å²) in [6.07, 6.45) is 1.27. The molecule has 2 heterocycles. The van der Waals surface area contributed by atoms with E-state index in [0.29, 0.717) is 48.9 Å². The number of hydrogen-bond acceptors (Lipinski definition) is 5. The Kier molecular flexibility index (Phi) is 4.50. The van der Waals surface area contributed by atoms with Gasteiger partial charge in [-0.3, -0.25) is 9.59 Å². The largest absolute Gasteiger partial charge is 0.497 e. The third-order valence-corrected chi connectivity index (χ3v) is 4.14. The van der Waals surface area contributed by atoms with Gasteiger partial charge in [0, 0.05) is 31.7 Å². The van der Waals surface area contributed by atoms with Crippen LogP contribution in [0.2, 0.25) is 0 Å². The summed E-state index contributed by atoms with van der Waals surface area (Å²) in [5, 5.41) is 0. The third-order valence-electron chi connectivity index (χ3n) is 4.14. The highest BCUT2D eigenvalue weighted by Crippen LogP contribution is 2.15. The van der Waals surface area contributed by atoms with Gasteiger partial charge in [-0.05, 0) is 31.2 Å². The van der Waals surface area contributed by atoms with Gasteiger partial charge in [-0.1, -0.05) is 0 Å². The molecule has 7 heteroatoms. The minimum absolute atomic E-state index is 0.0395. The molecule has 1 aliphatic heterocycles. The SMILES string of the molecule is COc1ccc(C(=O)N2CCN(C(=O)c3ncoc3C)CC2)cc1. The lowest BCUT2D eigenvalue weighted by Crippen LogP contribution is -2.50. The van der Waals surface area contributed by atoms with Gasteiger partial charge in [-0.15, -0.1) is 0 Å². The molecule has 24 heavy (non-hydrogen) atoms. The molecule has 0 aliphatic carbocycles. The smallest absolute Gasteiger partial charge is 0.276 e. The maximum atomic E-state index is 12.5. The fourth-order valence-corrected chi connectivity index (χ4v) is 2.69. The number of amides is 2. The highest BCUT2D eigenvalue weighted by Gasteiger charge is 2.27. The Labute approximate surface area is 139 Å². The average Bonchev–Trinajstić information content (AvgIpc) is 3.06. The van der Waals surface area contributed by atoms with E-state index in [4.69, 9.17) is 9.15 Å². The van der Waals surface area contributed by atoms with Gasteiger partial charge in [-0.2, -0.15) is 0 Å². The number of aryl methyl sites for hydroxylation is 1. The molecule has 2 aromatic rings. The van der Waals surface area contributed by atoms with E-state index in [9.17, 15) is 9.59 Å². The van der Waals surface area contributed by atoms with Crippen molar-refractivity contribution in [3.05, 3.63) is 47.7 Å². The van der Waals surface area contributed by atoms with E-state index in [-0.39, 0.29) is 11.8 Å². The molecule has 126 valence electrons. The fourth-order valence-electron chi connectivity index (χ4n) is 2.69. The van der Waals surface area contributed by atoms with E-state index in [0.717, 1.165) is 0 Å². The Balaban J connectivity index is 1.61. The molecule has 2 amide bonds. The predicted octanol–water partition coefficient (Wildman–Crippen LogP) is 1.59. The zero-order valence-corrected chi connectivity index (χ0v) is 13.7.